The van der Waals surface area contributed by atoms with Crippen molar-refractivity contribution in [2.24, 2.45) is 0 Å². The number of amides is 1. The van der Waals surface area contributed by atoms with Crippen LogP contribution in [0, 0.1) is 0 Å². The number of carbonyl (C=O) groups is 1. The second-order valence-electron chi connectivity index (χ2n) is 7.59. The van der Waals surface area contributed by atoms with E-state index in [1.54, 1.807) is 30.9 Å². The predicted octanol–water partition coefficient (Wildman–Crippen LogP) is 3.19. The fraction of sp³-hybridized carbons (Fsp3) is 0.348. The summed E-state index contributed by atoms with van der Waals surface area (Å²) in [6, 6.07) is 11.3. The maximum Gasteiger partial charge on any atom is 0.270 e. The van der Waals surface area contributed by atoms with E-state index in [4.69, 9.17) is 9.47 Å². The minimum atomic E-state index is -4.02. The van der Waals surface area contributed by atoms with Gasteiger partial charge in [0.2, 0.25) is 0 Å². The van der Waals surface area contributed by atoms with Crippen molar-refractivity contribution in [3.8, 4) is 11.5 Å². The molecule has 8 heteroatoms. The molecule has 2 heterocycles. The van der Waals surface area contributed by atoms with E-state index in [1.165, 1.54) is 24.1 Å². The van der Waals surface area contributed by atoms with Crippen LogP contribution in [0.5, 0.6) is 11.5 Å². The van der Waals surface area contributed by atoms with Gasteiger partial charge in [0.1, 0.15) is 0 Å². The molecule has 0 saturated carbocycles. The number of hydrogen-bond acceptors (Lipinski definition) is 5. The van der Waals surface area contributed by atoms with Gasteiger partial charge in [-0.15, -0.1) is 0 Å². The molecule has 1 amide bonds. The number of benzene rings is 2. The van der Waals surface area contributed by atoms with Crippen molar-refractivity contribution in [1.82, 2.24) is 4.90 Å². The number of ether oxygens (including phenoxy) is 2. The van der Waals surface area contributed by atoms with Crippen molar-refractivity contribution in [1.29, 1.82) is 0 Å². The average molecular weight is 443 g/mol. The fourth-order valence-electron chi connectivity index (χ4n) is 4.35. The van der Waals surface area contributed by atoms with Crippen molar-refractivity contribution in [3.63, 3.8) is 0 Å². The molecule has 7 nitrogen and oxygen atoms in total. The SMILES string of the molecule is CCN1c2cc(OC)c(OC)cc2C(C)=C(C(=O)N2CCc3ccccc3C2)S1(=O)=O. The lowest BCUT2D eigenvalue weighted by atomic mass is 9.99. The summed E-state index contributed by atoms with van der Waals surface area (Å²) in [7, 11) is -0.993. The molecule has 2 aromatic carbocycles. The first-order chi connectivity index (χ1) is 14.8. The van der Waals surface area contributed by atoms with Gasteiger partial charge in [-0.25, -0.2) is 8.42 Å². The van der Waals surface area contributed by atoms with Crippen LogP contribution in [0.2, 0.25) is 0 Å². The molecule has 2 aliphatic rings. The van der Waals surface area contributed by atoms with Crippen LogP contribution < -0.4 is 13.8 Å². The third kappa shape index (κ3) is 3.35. The molecule has 0 atom stereocenters. The van der Waals surface area contributed by atoms with Crippen LogP contribution in [0.15, 0.2) is 41.3 Å². The van der Waals surface area contributed by atoms with Crippen LogP contribution in [0.3, 0.4) is 0 Å². The first kappa shape index (κ1) is 21.2. The Bertz CT molecular complexity index is 1190. The molecular formula is C23H26N2O5S. The number of methoxy groups -OCH3 is 2. The Morgan fingerprint density at radius 1 is 1.06 bits per heavy atom. The smallest absolute Gasteiger partial charge is 0.270 e. The summed E-state index contributed by atoms with van der Waals surface area (Å²) in [6.45, 7) is 4.50. The van der Waals surface area contributed by atoms with Gasteiger partial charge in [-0.2, -0.15) is 0 Å². The maximum absolute atomic E-state index is 13.5. The van der Waals surface area contributed by atoms with Crippen LogP contribution in [0.25, 0.3) is 5.57 Å². The predicted molar refractivity (Wildman–Crippen MR) is 120 cm³/mol. The van der Waals surface area contributed by atoms with E-state index in [0.29, 0.717) is 47.8 Å². The van der Waals surface area contributed by atoms with Gasteiger partial charge in [-0.3, -0.25) is 9.10 Å². The zero-order chi connectivity index (χ0) is 22.3. The molecular weight excluding hydrogens is 416 g/mol. The van der Waals surface area contributed by atoms with Crippen molar-refractivity contribution >= 4 is 27.2 Å². The second kappa shape index (κ2) is 7.92. The van der Waals surface area contributed by atoms with Crippen molar-refractivity contribution in [2.45, 2.75) is 26.8 Å². The molecule has 0 aromatic heterocycles. The molecule has 4 rings (SSSR count). The lowest BCUT2D eigenvalue weighted by Crippen LogP contribution is -2.44. The zero-order valence-electron chi connectivity index (χ0n) is 18.1. The van der Waals surface area contributed by atoms with E-state index in [1.807, 2.05) is 24.3 Å². The Balaban J connectivity index is 1.84. The number of fused-ring (bicyclic) bond motifs is 2. The Hall–Kier alpha value is -3.00. The van der Waals surface area contributed by atoms with Gasteiger partial charge < -0.3 is 14.4 Å². The van der Waals surface area contributed by atoms with Crippen LogP contribution in [0.1, 0.15) is 30.5 Å². The van der Waals surface area contributed by atoms with Gasteiger partial charge in [0.25, 0.3) is 15.9 Å². The number of allylic oxidation sites excluding steroid dienone is 1. The molecule has 0 bridgehead atoms. The van der Waals surface area contributed by atoms with E-state index in [9.17, 15) is 13.2 Å². The van der Waals surface area contributed by atoms with Crippen LogP contribution in [-0.2, 0) is 27.8 Å². The van der Waals surface area contributed by atoms with Gasteiger partial charge in [-0.1, -0.05) is 24.3 Å². The summed E-state index contributed by atoms with van der Waals surface area (Å²) in [6.07, 6.45) is 0.702. The number of hydrogen-bond donors (Lipinski definition) is 0. The summed E-state index contributed by atoms with van der Waals surface area (Å²) in [5, 5.41) is 0. The number of nitrogens with zero attached hydrogens (tertiary/aromatic N) is 2. The van der Waals surface area contributed by atoms with E-state index in [0.717, 1.165) is 5.56 Å². The monoisotopic (exact) mass is 442 g/mol. The topological polar surface area (TPSA) is 76.2 Å². The molecule has 0 aliphatic carbocycles. The third-order valence-electron chi connectivity index (χ3n) is 5.96. The summed E-state index contributed by atoms with van der Waals surface area (Å²) in [5.74, 6) is 0.450. The number of rotatable bonds is 4. The molecule has 31 heavy (non-hydrogen) atoms. The highest BCUT2D eigenvalue weighted by molar-refractivity contribution is 7.97. The third-order valence-corrected chi connectivity index (χ3v) is 7.99. The van der Waals surface area contributed by atoms with E-state index >= 15 is 0 Å². The maximum atomic E-state index is 13.5. The van der Waals surface area contributed by atoms with Crippen molar-refractivity contribution in [3.05, 3.63) is 58.0 Å². The molecule has 0 N–H and O–H groups in total. The molecule has 0 radical (unpaired) electrons. The van der Waals surface area contributed by atoms with Crippen molar-refractivity contribution in [2.75, 3.05) is 31.6 Å². The van der Waals surface area contributed by atoms with E-state index in [-0.39, 0.29) is 11.4 Å². The van der Waals surface area contributed by atoms with E-state index in [2.05, 4.69) is 0 Å². The molecule has 2 aliphatic heterocycles. The van der Waals surface area contributed by atoms with Crippen LogP contribution >= 0.6 is 0 Å². The summed E-state index contributed by atoms with van der Waals surface area (Å²) >= 11 is 0. The Morgan fingerprint density at radius 3 is 2.35 bits per heavy atom. The minimum absolute atomic E-state index is 0.173. The number of carbonyl (C=O) groups excluding carboxylic acids is 1. The highest BCUT2D eigenvalue weighted by atomic mass is 32.2. The normalized spacial score (nSPS) is 17.2. The molecule has 2 aromatic rings. The number of anilines is 1. The van der Waals surface area contributed by atoms with Gasteiger partial charge >= 0.3 is 0 Å². The Labute approximate surface area is 182 Å². The minimum Gasteiger partial charge on any atom is -0.493 e. The standard InChI is InChI=1S/C23H26N2O5S/c1-5-25-19-13-21(30-4)20(29-3)12-18(19)15(2)22(31(25,27)28)23(26)24-11-10-16-8-6-7-9-17(16)14-24/h6-9,12-13H,5,10-11,14H2,1-4H3. The Kier molecular flexibility index (Phi) is 5.43. The van der Waals surface area contributed by atoms with Gasteiger partial charge in [0.05, 0.1) is 19.9 Å². The van der Waals surface area contributed by atoms with E-state index < -0.39 is 15.9 Å². The van der Waals surface area contributed by atoms with Crippen LogP contribution in [-0.4, -0.2) is 46.5 Å². The average Bonchev–Trinajstić information content (AvgIpc) is 2.77. The van der Waals surface area contributed by atoms with Gasteiger partial charge in [0.15, 0.2) is 16.4 Å². The lowest BCUT2D eigenvalue weighted by Gasteiger charge is -2.35. The van der Waals surface area contributed by atoms with Gasteiger partial charge in [0, 0.05) is 31.3 Å². The molecule has 0 fully saturated rings. The summed E-state index contributed by atoms with van der Waals surface area (Å²) < 4.78 is 39.1. The largest absolute Gasteiger partial charge is 0.493 e. The van der Waals surface area contributed by atoms with Crippen molar-refractivity contribution < 1.29 is 22.7 Å². The number of sulfonamides is 1. The highest BCUT2D eigenvalue weighted by Crippen LogP contribution is 2.45. The Morgan fingerprint density at radius 2 is 1.71 bits per heavy atom. The molecule has 0 unspecified atom stereocenters. The quantitative estimate of drug-likeness (QED) is 0.727. The highest BCUT2D eigenvalue weighted by Gasteiger charge is 2.41. The van der Waals surface area contributed by atoms with Gasteiger partial charge in [-0.05, 0) is 43.0 Å². The second-order valence-corrected chi connectivity index (χ2v) is 9.39. The lowest BCUT2D eigenvalue weighted by molar-refractivity contribution is -0.127. The molecule has 164 valence electrons. The van der Waals surface area contributed by atoms with Crippen LogP contribution in [0.4, 0.5) is 5.69 Å². The fourth-order valence-corrected chi connectivity index (χ4v) is 6.17. The first-order valence-corrected chi connectivity index (χ1v) is 11.6. The zero-order valence-corrected chi connectivity index (χ0v) is 19.0. The first-order valence-electron chi connectivity index (χ1n) is 10.2. The molecule has 0 spiro atoms. The summed E-state index contributed by atoms with van der Waals surface area (Å²) in [5.41, 5.74) is 3.80. The summed E-state index contributed by atoms with van der Waals surface area (Å²) in [4.78, 5) is 15.0. The molecule has 0 saturated heterocycles.